The Morgan fingerprint density at radius 2 is 0.841 bits per heavy atom. The monoisotopic (exact) mass is 918 g/mol. The number of hydrogen-bond donors (Lipinski definition) is 0. The molecule has 3 aliphatic rings. The standard InChI is InChI=1S/C51H58N4O4S4/c1-7-9-11-13-15-17-27-51(28-18-16-14-12-10-8-2)41-29-33(43-25-21-35(62-43)31-39-45(56)52(3)49(60)53(4)46(39)57)19-23-37(41)38-24-20-34(30-42(38)51)44-26-22-36(63-44)32-40-47(58)54(5)50(61)55(6)48(40)59/h19-26,29-32H,7-18,27-28H2,1-6H3. The van der Waals surface area contributed by atoms with Gasteiger partial charge in [0.2, 0.25) is 0 Å². The summed E-state index contributed by atoms with van der Waals surface area (Å²) in [6, 6.07) is 22.1. The van der Waals surface area contributed by atoms with E-state index in [2.05, 4.69) is 62.4 Å². The molecule has 4 heterocycles. The average Bonchev–Trinajstić information content (AvgIpc) is 4.03. The van der Waals surface area contributed by atoms with E-state index in [1.165, 1.54) is 106 Å². The van der Waals surface area contributed by atoms with Gasteiger partial charge in [-0.2, -0.15) is 0 Å². The molecule has 7 rings (SSSR count). The summed E-state index contributed by atoms with van der Waals surface area (Å²) in [7, 11) is 6.41. The van der Waals surface area contributed by atoms with Crippen LogP contribution in [-0.2, 0) is 24.6 Å². The Bertz CT molecular complexity index is 2290. The molecule has 4 aromatic rings. The highest BCUT2D eigenvalue weighted by Crippen LogP contribution is 2.56. The molecule has 0 bridgehead atoms. The molecule has 8 nitrogen and oxygen atoms in total. The van der Waals surface area contributed by atoms with Crippen LogP contribution in [0.3, 0.4) is 0 Å². The molecule has 1 aliphatic carbocycles. The van der Waals surface area contributed by atoms with Crippen LogP contribution in [0.15, 0.2) is 71.8 Å². The van der Waals surface area contributed by atoms with Gasteiger partial charge in [-0.25, -0.2) is 0 Å². The van der Waals surface area contributed by atoms with Gasteiger partial charge in [-0.3, -0.25) is 38.8 Å². The fraction of sp³-hybridized carbons (Fsp3) is 0.412. The fourth-order valence-electron chi connectivity index (χ4n) is 9.29. The minimum absolute atomic E-state index is 0.106. The number of thiocarbonyl (C=S) groups is 2. The topological polar surface area (TPSA) is 81.2 Å². The van der Waals surface area contributed by atoms with E-state index in [0.29, 0.717) is 0 Å². The number of unbranched alkanes of at least 4 members (excludes halogenated alkanes) is 10. The summed E-state index contributed by atoms with van der Waals surface area (Å²) >= 11 is 13.8. The molecule has 2 aromatic heterocycles. The molecule has 12 heteroatoms. The van der Waals surface area contributed by atoms with E-state index in [1.807, 2.05) is 12.1 Å². The van der Waals surface area contributed by atoms with Crippen LogP contribution in [0.2, 0.25) is 0 Å². The van der Waals surface area contributed by atoms with Gasteiger partial charge < -0.3 is 0 Å². The third kappa shape index (κ3) is 9.32. The number of amides is 4. The quantitative estimate of drug-likeness (QED) is 0.0428. The summed E-state index contributed by atoms with van der Waals surface area (Å²) in [5.74, 6) is -1.56. The predicted octanol–water partition coefficient (Wildman–Crippen LogP) is 12.1. The lowest BCUT2D eigenvalue weighted by Gasteiger charge is -2.33. The summed E-state index contributed by atoms with van der Waals surface area (Å²) in [6.07, 6.45) is 20.2. The summed E-state index contributed by atoms with van der Waals surface area (Å²) in [6.45, 7) is 4.53. The molecule has 0 radical (unpaired) electrons. The first-order valence-corrected chi connectivity index (χ1v) is 24.9. The van der Waals surface area contributed by atoms with E-state index in [0.717, 1.165) is 56.3 Å². The summed E-state index contributed by atoms with van der Waals surface area (Å²) in [5.41, 5.74) is 7.63. The highest BCUT2D eigenvalue weighted by molar-refractivity contribution is 7.80. The molecule has 2 aliphatic heterocycles. The number of thiophene rings is 2. The van der Waals surface area contributed by atoms with Crippen molar-refractivity contribution in [3.05, 3.63) is 92.7 Å². The van der Waals surface area contributed by atoms with E-state index in [1.54, 1.807) is 63.0 Å². The van der Waals surface area contributed by atoms with Crippen molar-refractivity contribution in [2.24, 2.45) is 0 Å². The number of hydrogen-bond acceptors (Lipinski definition) is 8. The van der Waals surface area contributed by atoms with Crippen molar-refractivity contribution in [2.45, 2.75) is 109 Å². The number of fused-ring (bicyclic) bond motifs is 3. The average molecular weight is 919 g/mol. The lowest BCUT2D eigenvalue weighted by Crippen LogP contribution is -2.52. The third-order valence-electron chi connectivity index (χ3n) is 13.0. The van der Waals surface area contributed by atoms with Gasteiger partial charge in [0.1, 0.15) is 11.1 Å². The first kappa shape index (κ1) is 46.4. The number of nitrogens with zero attached hydrogens (tertiary/aromatic N) is 4. The van der Waals surface area contributed by atoms with Crippen molar-refractivity contribution >= 4 is 93.1 Å². The molecular formula is C51H58N4O4S4. The van der Waals surface area contributed by atoms with Crippen molar-refractivity contribution in [2.75, 3.05) is 28.2 Å². The Kier molecular flexibility index (Phi) is 14.8. The highest BCUT2D eigenvalue weighted by Gasteiger charge is 2.43. The van der Waals surface area contributed by atoms with Gasteiger partial charge in [0.25, 0.3) is 23.6 Å². The van der Waals surface area contributed by atoms with E-state index in [4.69, 9.17) is 24.4 Å². The smallest absolute Gasteiger partial charge is 0.265 e. The second-order valence-corrected chi connectivity index (χ2v) is 20.1. The zero-order valence-corrected chi connectivity index (χ0v) is 40.6. The zero-order valence-electron chi connectivity index (χ0n) is 37.4. The summed E-state index contributed by atoms with van der Waals surface area (Å²) in [4.78, 5) is 61.8. The molecule has 0 spiro atoms. The number of rotatable bonds is 18. The summed E-state index contributed by atoms with van der Waals surface area (Å²) in [5, 5.41) is 0.390. The van der Waals surface area contributed by atoms with Crippen molar-refractivity contribution in [3.63, 3.8) is 0 Å². The van der Waals surface area contributed by atoms with Gasteiger partial charge in [-0.05, 0) is 119 Å². The van der Waals surface area contributed by atoms with Gasteiger partial charge in [-0.1, -0.05) is 115 Å². The number of carbonyl (C=O) groups excluding carboxylic acids is 4. The molecule has 0 atom stereocenters. The predicted molar refractivity (Wildman–Crippen MR) is 267 cm³/mol. The SMILES string of the molecule is CCCCCCCCC1(CCCCCCCC)c2cc(-c3ccc(C=C4C(=O)N(C)C(=S)N(C)C4=O)s3)ccc2-c2ccc(-c3ccc(C=C4C(=O)N(C)C(=S)N(C)C4=O)s3)cc21. The van der Waals surface area contributed by atoms with Crippen LogP contribution in [-0.4, -0.2) is 81.6 Å². The normalized spacial score (nSPS) is 16.2. The Balaban J connectivity index is 1.27. The van der Waals surface area contributed by atoms with Crippen LogP contribution >= 0.6 is 47.1 Å². The lowest BCUT2D eigenvalue weighted by atomic mass is 9.70. The van der Waals surface area contributed by atoms with Crippen LogP contribution in [0.1, 0.15) is 125 Å². The molecule has 0 N–H and O–H groups in total. The van der Waals surface area contributed by atoms with Gasteiger partial charge in [0, 0.05) is 53.1 Å². The minimum Gasteiger partial charge on any atom is -0.288 e. The van der Waals surface area contributed by atoms with Crippen molar-refractivity contribution in [1.82, 2.24) is 19.6 Å². The largest absolute Gasteiger partial charge is 0.288 e. The van der Waals surface area contributed by atoms with Gasteiger partial charge >= 0.3 is 0 Å². The highest BCUT2D eigenvalue weighted by atomic mass is 32.1. The molecule has 2 fully saturated rings. The van der Waals surface area contributed by atoms with Crippen molar-refractivity contribution < 1.29 is 19.2 Å². The van der Waals surface area contributed by atoms with Crippen LogP contribution in [0.4, 0.5) is 0 Å². The Hall–Kier alpha value is -4.62. The van der Waals surface area contributed by atoms with E-state index < -0.39 is 23.6 Å². The second-order valence-electron chi connectivity index (χ2n) is 17.2. The molecule has 63 heavy (non-hydrogen) atoms. The molecule has 0 saturated carbocycles. The minimum atomic E-state index is -0.391. The van der Waals surface area contributed by atoms with Gasteiger partial charge in [-0.15, -0.1) is 22.7 Å². The fourth-order valence-corrected chi connectivity index (χ4v) is 11.5. The second kappa shape index (κ2) is 20.0. The van der Waals surface area contributed by atoms with E-state index in [-0.39, 0.29) is 26.8 Å². The maximum absolute atomic E-state index is 13.1. The molecule has 2 saturated heterocycles. The number of likely N-dealkylation sites (N-methyl/N-ethyl adjacent to an activating group) is 4. The number of carbonyl (C=O) groups is 4. The zero-order chi connectivity index (χ0) is 45.0. The Morgan fingerprint density at radius 3 is 1.21 bits per heavy atom. The van der Waals surface area contributed by atoms with Crippen LogP contribution in [0, 0.1) is 0 Å². The van der Waals surface area contributed by atoms with Gasteiger partial charge in [0.05, 0.1) is 0 Å². The molecule has 330 valence electrons. The van der Waals surface area contributed by atoms with E-state index in [9.17, 15) is 19.2 Å². The first-order valence-electron chi connectivity index (χ1n) is 22.4. The van der Waals surface area contributed by atoms with Gasteiger partial charge in [0.15, 0.2) is 10.2 Å². The first-order chi connectivity index (χ1) is 30.3. The Morgan fingerprint density at radius 1 is 0.492 bits per heavy atom. The lowest BCUT2D eigenvalue weighted by molar-refractivity contribution is -0.133. The van der Waals surface area contributed by atoms with Crippen molar-refractivity contribution in [3.8, 4) is 32.0 Å². The maximum atomic E-state index is 13.1. The molecular weight excluding hydrogens is 861 g/mol. The van der Waals surface area contributed by atoms with Crippen LogP contribution < -0.4 is 0 Å². The van der Waals surface area contributed by atoms with E-state index >= 15 is 0 Å². The molecule has 0 unspecified atom stereocenters. The van der Waals surface area contributed by atoms with Crippen molar-refractivity contribution in [1.29, 1.82) is 0 Å². The summed E-state index contributed by atoms with van der Waals surface area (Å²) < 4.78 is 0. The maximum Gasteiger partial charge on any atom is 0.265 e. The third-order valence-corrected chi connectivity index (χ3v) is 16.2. The molecule has 4 amide bonds. The van der Waals surface area contributed by atoms with Crippen LogP contribution in [0.25, 0.3) is 44.2 Å². The van der Waals surface area contributed by atoms with Crippen LogP contribution in [0.5, 0.6) is 0 Å². The molecule has 2 aromatic carbocycles. The Labute approximate surface area is 391 Å². The number of benzene rings is 2.